The lowest BCUT2D eigenvalue weighted by Gasteiger charge is -2.32. The molecule has 6 heteroatoms. The van der Waals surface area contributed by atoms with Crippen LogP contribution in [0.1, 0.15) is 43.6 Å². The molecule has 0 aliphatic carbocycles. The average Bonchev–Trinajstić information content (AvgIpc) is 2.65. The molecular formula is C16H21BO4S. The molecule has 1 aromatic carbocycles. The van der Waals surface area contributed by atoms with Crippen LogP contribution in [0.15, 0.2) is 23.7 Å². The molecule has 1 aliphatic rings. The standard InChI is InChI=1S/C16H21BO4S/c1-15(2)16(3,4)21-17(20-15)12(10-22)8-13-11(9-18)6-5-7-14(13)19/h5-9,19,22H,10H2,1-4H3. The van der Waals surface area contributed by atoms with Crippen LogP contribution in [0.2, 0.25) is 0 Å². The fourth-order valence-electron chi connectivity index (χ4n) is 2.20. The lowest BCUT2D eigenvalue weighted by molar-refractivity contribution is 0.00578. The fourth-order valence-corrected chi connectivity index (χ4v) is 2.44. The lowest BCUT2D eigenvalue weighted by atomic mass is 9.78. The predicted octanol–water partition coefficient (Wildman–Crippen LogP) is 3.15. The molecule has 1 aromatic rings. The van der Waals surface area contributed by atoms with Crippen molar-refractivity contribution in [1.82, 2.24) is 0 Å². The summed E-state index contributed by atoms with van der Waals surface area (Å²) in [6, 6.07) is 4.82. The van der Waals surface area contributed by atoms with E-state index in [1.54, 1.807) is 24.3 Å². The van der Waals surface area contributed by atoms with Gasteiger partial charge in [-0.25, -0.2) is 0 Å². The second kappa shape index (κ2) is 6.10. The van der Waals surface area contributed by atoms with E-state index >= 15 is 0 Å². The van der Waals surface area contributed by atoms with Gasteiger partial charge in [0.25, 0.3) is 0 Å². The summed E-state index contributed by atoms with van der Waals surface area (Å²) >= 11 is 4.33. The van der Waals surface area contributed by atoms with Gasteiger partial charge in [-0.05, 0) is 39.2 Å². The maximum absolute atomic E-state index is 11.2. The summed E-state index contributed by atoms with van der Waals surface area (Å²) < 4.78 is 12.0. The topological polar surface area (TPSA) is 55.8 Å². The van der Waals surface area contributed by atoms with Gasteiger partial charge in [-0.1, -0.05) is 18.2 Å². The first-order valence-corrected chi connectivity index (χ1v) is 7.79. The van der Waals surface area contributed by atoms with Crippen LogP contribution in [-0.2, 0) is 9.31 Å². The Labute approximate surface area is 137 Å². The summed E-state index contributed by atoms with van der Waals surface area (Å²) in [5.41, 5.74) is 0.719. The molecular weight excluding hydrogens is 299 g/mol. The van der Waals surface area contributed by atoms with Crippen LogP contribution >= 0.6 is 12.6 Å². The predicted molar refractivity (Wildman–Crippen MR) is 91.4 cm³/mol. The van der Waals surface area contributed by atoms with E-state index in [0.29, 0.717) is 23.2 Å². The summed E-state index contributed by atoms with van der Waals surface area (Å²) in [7, 11) is -0.554. The highest BCUT2D eigenvalue weighted by molar-refractivity contribution is 7.80. The Morgan fingerprint density at radius 1 is 1.27 bits per heavy atom. The third-order valence-electron chi connectivity index (χ3n) is 4.31. The van der Waals surface area contributed by atoms with Gasteiger partial charge in [-0.15, -0.1) is 0 Å². The number of aldehydes is 1. The minimum atomic E-state index is -0.554. The third kappa shape index (κ3) is 3.09. The highest BCUT2D eigenvalue weighted by Gasteiger charge is 2.52. The van der Waals surface area contributed by atoms with Crippen LogP contribution in [0.4, 0.5) is 0 Å². The number of carbonyl (C=O) groups is 1. The number of thiol groups is 1. The number of hydrogen-bond donors (Lipinski definition) is 2. The highest BCUT2D eigenvalue weighted by atomic mass is 32.1. The summed E-state index contributed by atoms with van der Waals surface area (Å²) in [6.45, 7) is 7.89. The number of hydrogen-bond acceptors (Lipinski definition) is 5. The molecule has 0 atom stereocenters. The molecule has 0 bridgehead atoms. The first-order chi connectivity index (χ1) is 10.2. The van der Waals surface area contributed by atoms with E-state index in [9.17, 15) is 9.90 Å². The summed E-state index contributed by atoms with van der Waals surface area (Å²) in [5, 5.41) is 10.0. The van der Waals surface area contributed by atoms with Crippen LogP contribution in [0.5, 0.6) is 5.75 Å². The Morgan fingerprint density at radius 3 is 2.36 bits per heavy atom. The molecule has 1 N–H and O–H groups in total. The first kappa shape index (κ1) is 17.1. The van der Waals surface area contributed by atoms with Gasteiger partial charge in [0.2, 0.25) is 0 Å². The van der Waals surface area contributed by atoms with Gasteiger partial charge >= 0.3 is 7.12 Å². The third-order valence-corrected chi connectivity index (χ3v) is 4.68. The van der Waals surface area contributed by atoms with Crippen LogP contribution < -0.4 is 0 Å². The molecule has 0 amide bonds. The molecule has 2 rings (SSSR count). The monoisotopic (exact) mass is 320 g/mol. The minimum Gasteiger partial charge on any atom is -0.507 e. The van der Waals surface area contributed by atoms with Gasteiger partial charge in [-0.3, -0.25) is 4.79 Å². The minimum absolute atomic E-state index is 0.0420. The number of aromatic hydroxyl groups is 1. The quantitative estimate of drug-likeness (QED) is 0.508. The van der Waals surface area contributed by atoms with Crippen LogP contribution in [0.3, 0.4) is 0 Å². The average molecular weight is 320 g/mol. The second-order valence-electron chi connectivity index (χ2n) is 6.36. The van der Waals surface area contributed by atoms with Gasteiger partial charge in [0, 0.05) is 16.9 Å². The number of rotatable bonds is 4. The van der Waals surface area contributed by atoms with Crippen molar-refractivity contribution in [3.05, 3.63) is 34.8 Å². The SMILES string of the molecule is CC1(C)OB(C(=Cc2c(O)cccc2C=O)CS)OC1(C)C. The molecule has 1 aliphatic heterocycles. The van der Waals surface area contributed by atoms with Gasteiger partial charge < -0.3 is 14.4 Å². The van der Waals surface area contributed by atoms with Crippen LogP contribution in [-0.4, -0.2) is 35.5 Å². The summed E-state index contributed by atoms with van der Waals surface area (Å²) in [6.07, 6.45) is 2.43. The number of phenols is 1. The van der Waals surface area contributed by atoms with Crippen molar-refractivity contribution >= 4 is 32.1 Å². The molecule has 22 heavy (non-hydrogen) atoms. The van der Waals surface area contributed by atoms with Crippen molar-refractivity contribution in [2.45, 2.75) is 38.9 Å². The highest BCUT2D eigenvalue weighted by Crippen LogP contribution is 2.39. The largest absolute Gasteiger partial charge is 0.507 e. The molecule has 0 unspecified atom stereocenters. The summed E-state index contributed by atoms with van der Waals surface area (Å²) in [5.74, 6) is 0.434. The zero-order valence-corrected chi connectivity index (χ0v) is 14.2. The van der Waals surface area contributed by atoms with Crippen molar-refractivity contribution in [3.8, 4) is 5.75 Å². The summed E-state index contributed by atoms with van der Waals surface area (Å²) in [4.78, 5) is 11.2. The smallest absolute Gasteiger partial charge is 0.491 e. The van der Waals surface area contributed by atoms with E-state index < -0.39 is 18.3 Å². The maximum atomic E-state index is 11.2. The van der Waals surface area contributed by atoms with Crippen molar-refractivity contribution in [1.29, 1.82) is 0 Å². The van der Waals surface area contributed by atoms with Gasteiger partial charge in [0.05, 0.1) is 11.2 Å². The second-order valence-corrected chi connectivity index (χ2v) is 6.68. The Hall–Kier alpha value is -1.24. The van der Waals surface area contributed by atoms with Gasteiger partial charge in [-0.2, -0.15) is 12.6 Å². The Kier molecular flexibility index (Phi) is 4.75. The van der Waals surface area contributed by atoms with E-state index in [1.807, 2.05) is 27.7 Å². The molecule has 0 radical (unpaired) electrons. The van der Waals surface area contributed by atoms with Crippen LogP contribution in [0.25, 0.3) is 6.08 Å². The Morgan fingerprint density at radius 2 is 1.86 bits per heavy atom. The fraction of sp³-hybridized carbons (Fsp3) is 0.438. The molecule has 1 saturated heterocycles. The molecule has 4 nitrogen and oxygen atoms in total. The van der Waals surface area contributed by atoms with Gasteiger partial charge in [0.1, 0.15) is 5.75 Å². The van der Waals surface area contributed by atoms with E-state index in [-0.39, 0.29) is 5.75 Å². The first-order valence-electron chi connectivity index (χ1n) is 7.16. The molecule has 0 aromatic heterocycles. The van der Waals surface area contributed by atoms with E-state index in [0.717, 1.165) is 5.47 Å². The van der Waals surface area contributed by atoms with E-state index in [4.69, 9.17) is 9.31 Å². The zero-order valence-electron chi connectivity index (χ0n) is 13.3. The van der Waals surface area contributed by atoms with E-state index in [1.165, 1.54) is 0 Å². The number of benzene rings is 1. The Bertz CT molecular complexity index is 594. The molecule has 118 valence electrons. The van der Waals surface area contributed by atoms with Crippen molar-refractivity contribution in [2.75, 3.05) is 5.75 Å². The number of phenolic OH excluding ortho intramolecular Hbond substituents is 1. The maximum Gasteiger partial charge on any atom is 0.491 e. The molecule has 0 saturated carbocycles. The molecule has 1 heterocycles. The molecule has 1 fully saturated rings. The number of carbonyl (C=O) groups excluding carboxylic acids is 1. The van der Waals surface area contributed by atoms with Crippen LogP contribution in [0, 0.1) is 0 Å². The van der Waals surface area contributed by atoms with Gasteiger partial charge in [0.15, 0.2) is 6.29 Å². The lowest BCUT2D eigenvalue weighted by Crippen LogP contribution is -2.41. The molecule has 0 spiro atoms. The van der Waals surface area contributed by atoms with Crippen molar-refractivity contribution < 1.29 is 19.2 Å². The van der Waals surface area contributed by atoms with Crippen molar-refractivity contribution in [2.24, 2.45) is 0 Å². The zero-order chi connectivity index (χ0) is 16.5. The normalized spacial score (nSPS) is 20.2. The van der Waals surface area contributed by atoms with E-state index in [2.05, 4.69) is 12.6 Å². The Balaban J connectivity index is 2.40. The van der Waals surface area contributed by atoms with Crippen molar-refractivity contribution in [3.63, 3.8) is 0 Å².